The van der Waals surface area contributed by atoms with Gasteiger partial charge in [0.2, 0.25) is 5.91 Å². The van der Waals surface area contributed by atoms with E-state index in [0.29, 0.717) is 18.7 Å². The van der Waals surface area contributed by atoms with Crippen LogP contribution in [0.4, 0.5) is 0 Å². The van der Waals surface area contributed by atoms with Crippen molar-refractivity contribution < 1.29 is 9.59 Å². The zero-order chi connectivity index (χ0) is 21.3. The normalized spacial score (nSPS) is 22.7. The number of hydrogen-bond acceptors (Lipinski definition) is 5. The summed E-state index contributed by atoms with van der Waals surface area (Å²) in [5.41, 5.74) is -0.266. The van der Waals surface area contributed by atoms with Crippen molar-refractivity contribution >= 4 is 11.8 Å². The Balaban J connectivity index is 1.39. The fourth-order valence-electron chi connectivity index (χ4n) is 4.21. The molecule has 1 aromatic carbocycles. The molecule has 1 N–H and O–H groups in total. The highest BCUT2D eigenvalue weighted by molar-refractivity contribution is 5.94. The molecule has 2 saturated heterocycles. The van der Waals surface area contributed by atoms with E-state index in [-0.39, 0.29) is 30.4 Å². The van der Waals surface area contributed by atoms with Gasteiger partial charge in [0.1, 0.15) is 6.54 Å². The molecule has 2 aromatic rings. The highest BCUT2D eigenvalue weighted by Crippen LogP contribution is 2.26. The lowest BCUT2D eigenvalue weighted by atomic mass is 10.1. The van der Waals surface area contributed by atoms with Gasteiger partial charge in [-0.05, 0) is 18.6 Å². The van der Waals surface area contributed by atoms with E-state index in [1.54, 1.807) is 0 Å². The van der Waals surface area contributed by atoms with Crippen LogP contribution in [-0.4, -0.2) is 69.0 Å². The summed E-state index contributed by atoms with van der Waals surface area (Å²) in [6, 6.07) is 10.7. The fourth-order valence-corrected chi connectivity index (χ4v) is 4.21. The van der Waals surface area contributed by atoms with Crippen LogP contribution in [0.15, 0.2) is 52.2 Å². The third-order valence-corrected chi connectivity index (χ3v) is 5.95. The van der Waals surface area contributed by atoms with Gasteiger partial charge in [-0.15, -0.1) is 0 Å². The molecule has 3 atom stereocenters. The summed E-state index contributed by atoms with van der Waals surface area (Å²) < 4.78 is 2.17. The lowest BCUT2D eigenvalue weighted by Gasteiger charge is -2.40. The minimum absolute atomic E-state index is 0.0234. The molecule has 4 rings (SSSR count). The number of amides is 2. The van der Waals surface area contributed by atoms with Crippen molar-refractivity contribution in [3.05, 3.63) is 69.0 Å². The Morgan fingerprint density at radius 2 is 1.87 bits per heavy atom. The van der Waals surface area contributed by atoms with Crippen molar-refractivity contribution in [3.8, 4) is 0 Å². The van der Waals surface area contributed by atoms with Crippen LogP contribution in [0.2, 0.25) is 0 Å². The number of nitrogens with zero attached hydrogens (tertiary/aromatic N) is 4. The molecule has 2 fully saturated rings. The van der Waals surface area contributed by atoms with E-state index in [2.05, 4.69) is 10.2 Å². The molecule has 0 saturated carbocycles. The molecule has 2 amide bonds. The van der Waals surface area contributed by atoms with Gasteiger partial charge in [-0.2, -0.15) is 0 Å². The molecular weight excluding hydrogens is 386 g/mol. The Hall–Kier alpha value is -3.20. The average molecular weight is 411 g/mol. The topological polar surface area (TPSA) is 96.7 Å². The number of aromatic nitrogens is 2. The van der Waals surface area contributed by atoms with Gasteiger partial charge in [0.25, 0.3) is 11.5 Å². The largest absolute Gasteiger partial charge is 0.353 e. The second kappa shape index (κ2) is 8.27. The van der Waals surface area contributed by atoms with Crippen LogP contribution in [-0.2, 0) is 18.4 Å². The maximum absolute atomic E-state index is 13.0. The third kappa shape index (κ3) is 3.93. The Morgan fingerprint density at radius 3 is 2.63 bits per heavy atom. The van der Waals surface area contributed by atoms with Crippen LogP contribution >= 0.6 is 0 Å². The Labute approximate surface area is 173 Å². The Morgan fingerprint density at radius 1 is 1.10 bits per heavy atom. The zero-order valence-electron chi connectivity index (χ0n) is 16.9. The van der Waals surface area contributed by atoms with Crippen LogP contribution < -0.4 is 16.6 Å². The molecule has 2 bridgehead atoms. The molecule has 9 nitrogen and oxygen atoms in total. The number of rotatable bonds is 5. The predicted molar refractivity (Wildman–Crippen MR) is 110 cm³/mol. The number of piperazine rings is 1. The lowest BCUT2D eigenvalue weighted by molar-refractivity contribution is -0.122. The quantitative estimate of drug-likeness (QED) is 0.699. The molecule has 0 radical (unpaired) electrons. The number of carbonyl (C=O) groups excluding carboxylic acids is 2. The number of benzene rings is 1. The van der Waals surface area contributed by atoms with Crippen molar-refractivity contribution in [1.29, 1.82) is 0 Å². The summed E-state index contributed by atoms with van der Waals surface area (Å²) in [7, 11) is 1.38. The molecular formula is C21H25N5O4. The Bertz CT molecular complexity index is 1060. The summed E-state index contributed by atoms with van der Waals surface area (Å²) in [6.07, 6.45) is 2.26. The minimum atomic E-state index is -0.530. The first-order chi connectivity index (χ1) is 14.4. The molecule has 2 aliphatic heterocycles. The third-order valence-electron chi connectivity index (χ3n) is 5.95. The number of hydrogen-bond donors (Lipinski definition) is 1. The van der Waals surface area contributed by atoms with Crippen LogP contribution in [0.3, 0.4) is 0 Å². The van der Waals surface area contributed by atoms with Crippen molar-refractivity contribution in [3.63, 3.8) is 0 Å². The molecule has 3 heterocycles. The van der Waals surface area contributed by atoms with Gasteiger partial charge in [0.15, 0.2) is 0 Å². The first-order valence-electron chi connectivity index (χ1n) is 10.1. The molecule has 30 heavy (non-hydrogen) atoms. The standard InChI is InChI=1S/C21H25N5O4/c1-23-19(28)8-10-25(21(23)30)14-18(27)22-11-17-13-26(16-7-9-24(17)12-16)20(29)15-5-3-2-4-6-15/h2-6,8,10,16-17H,7,9,11-14H2,1H3,(H,22,27)/t16-,17+/m0/s1. The summed E-state index contributed by atoms with van der Waals surface area (Å²) in [5.74, 6) is -0.284. The van der Waals surface area contributed by atoms with E-state index in [4.69, 9.17) is 0 Å². The van der Waals surface area contributed by atoms with Crippen molar-refractivity contribution in [1.82, 2.24) is 24.3 Å². The highest BCUT2D eigenvalue weighted by atomic mass is 16.2. The van der Waals surface area contributed by atoms with Gasteiger partial charge < -0.3 is 10.2 Å². The van der Waals surface area contributed by atoms with Crippen LogP contribution in [0, 0.1) is 0 Å². The van der Waals surface area contributed by atoms with Gasteiger partial charge in [-0.3, -0.25) is 28.4 Å². The number of nitrogens with one attached hydrogen (secondary N) is 1. The molecule has 2 aliphatic rings. The van der Waals surface area contributed by atoms with Crippen molar-refractivity contribution in [2.75, 3.05) is 26.2 Å². The van der Waals surface area contributed by atoms with E-state index in [1.165, 1.54) is 23.9 Å². The maximum atomic E-state index is 13.0. The fraction of sp³-hybridized carbons (Fsp3) is 0.429. The molecule has 1 aromatic heterocycles. The summed E-state index contributed by atoms with van der Waals surface area (Å²) in [4.78, 5) is 53.1. The maximum Gasteiger partial charge on any atom is 0.331 e. The number of fused-ring (bicyclic) bond motifs is 2. The molecule has 1 unspecified atom stereocenters. The van der Waals surface area contributed by atoms with Crippen LogP contribution in [0.25, 0.3) is 0 Å². The summed E-state index contributed by atoms with van der Waals surface area (Å²) in [6.45, 7) is 2.49. The van der Waals surface area contributed by atoms with Crippen LogP contribution in [0.5, 0.6) is 0 Å². The monoisotopic (exact) mass is 411 g/mol. The lowest BCUT2D eigenvalue weighted by Crippen LogP contribution is -2.57. The summed E-state index contributed by atoms with van der Waals surface area (Å²) in [5, 5.41) is 2.88. The van der Waals surface area contributed by atoms with Gasteiger partial charge in [0.05, 0.1) is 0 Å². The first kappa shape index (κ1) is 20.1. The second-order valence-corrected chi connectivity index (χ2v) is 7.84. The second-order valence-electron chi connectivity index (χ2n) is 7.84. The highest BCUT2D eigenvalue weighted by Gasteiger charge is 2.40. The molecule has 9 heteroatoms. The smallest absolute Gasteiger partial charge is 0.331 e. The zero-order valence-corrected chi connectivity index (χ0v) is 16.9. The van der Waals surface area contributed by atoms with Gasteiger partial charge in [-0.25, -0.2) is 4.79 Å². The van der Waals surface area contributed by atoms with Gasteiger partial charge in [-0.1, -0.05) is 18.2 Å². The minimum Gasteiger partial charge on any atom is -0.353 e. The van der Waals surface area contributed by atoms with Gasteiger partial charge >= 0.3 is 5.69 Å². The SMILES string of the molecule is Cn1c(=O)ccn(CC(=O)NC[C@@H]2CN(C(=O)c3ccccc3)[C@H]3CCN2C3)c1=O. The predicted octanol–water partition coefficient (Wildman–Crippen LogP) is -0.738. The van der Waals surface area contributed by atoms with Crippen LogP contribution in [0.1, 0.15) is 16.8 Å². The van der Waals surface area contributed by atoms with Gasteiger partial charge in [0, 0.05) is 63.1 Å². The van der Waals surface area contributed by atoms with E-state index >= 15 is 0 Å². The molecule has 0 aliphatic carbocycles. The summed E-state index contributed by atoms with van der Waals surface area (Å²) >= 11 is 0. The van der Waals surface area contributed by atoms with Crippen molar-refractivity contribution in [2.24, 2.45) is 7.05 Å². The van der Waals surface area contributed by atoms with Crippen molar-refractivity contribution in [2.45, 2.75) is 25.0 Å². The number of carbonyl (C=O) groups is 2. The van der Waals surface area contributed by atoms with E-state index in [1.807, 2.05) is 35.2 Å². The van der Waals surface area contributed by atoms with E-state index in [9.17, 15) is 19.2 Å². The average Bonchev–Trinajstić information content (AvgIpc) is 3.18. The molecule has 158 valence electrons. The Kier molecular flexibility index (Phi) is 5.54. The van der Waals surface area contributed by atoms with E-state index in [0.717, 1.165) is 24.1 Å². The van der Waals surface area contributed by atoms with E-state index < -0.39 is 11.2 Å². The first-order valence-corrected chi connectivity index (χ1v) is 10.1. The molecule has 0 spiro atoms.